The molecule has 1 saturated carbocycles. The van der Waals surface area contributed by atoms with Crippen LogP contribution in [0.1, 0.15) is 35.2 Å². The number of thiazole rings is 1. The number of aryl methyl sites for hydroxylation is 2. The molecule has 23 heavy (non-hydrogen) atoms. The summed E-state index contributed by atoms with van der Waals surface area (Å²) < 4.78 is 0. The third-order valence-electron chi connectivity index (χ3n) is 4.75. The normalized spacial score (nSPS) is 15.5. The Morgan fingerprint density at radius 3 is 2.57 bits per heavy atom. The number of amides is 1. The summed E-state index contributed by atoms with van der Waals surface area (Å²) >= 11 is 1.64. The van der Waals surface area contributed by atoms with Crippen molar-refractivity contribution in [1.82, 2.24) is 9.88 Å². The lowest BCUT2D eigenvalue weighted by Crippen LogP contribution is -2.37. The number of hydrogen-bond donors (Lipinski definition) is 0. The van der Waals surface area contributed by atoms with Crippen LogP contribution in [0.25, 0.3) is 11.3 Å². The molecule has 1 aliphatic carbocycles. The van der Waals surface area contributed by atoms with Gasteiger partial charge in [0.25, 0.3) is 0 Å². The Morgan fingerprint density at radius 2 is 1.96 bits per heavy atom. The highest BCUT2D eigenvalue weighted by molar-refractivity contribution is 7.12. The molecule has 1 aromatic heterocycles. The maximum Gasteiger partial charge on any atom is 0.227 e. The van der Waals surface area contributed by atoms with Crippen molar-refractivity contribution in [2.45, 2.75) is 46.1 Å². The van der Waals surface area contributed by atoms with E-state index in [1.54, 1.807) is 11.3 Å². The lowest BCUT2D eigenvalue weighted by molar-refractivity contribution is -0.131. The molecular weight excluding hydrogens is 304 g/mol. The van der Waals surface area contributed by atoms with Gasteiger partial charge in [-0.3, -0.25) is 4.79 Å². The number of aromatic nitrogens is 1. The van der Waals surface area contributed by atoms with Gasteiger partial charge in [0.05, 0.1) is 17.1 Å². The van der Waals surface area contributed by atoms with E-state index >= 15 is 0 Å². The molecule has 0 saturated heterocycles. The molecule has 3 nitrogen and oxygen atoms in total. The minimum absolute atomic E-state index is 0.196. The van der Waals surface area contributed by atoms with Crippen LogP contribution in [0.2, 0.25) is 0 Å². The highest BCUT2D eigenvalue weighted by atomic mass is 32.1. The third-order valence-corrected chi connectivity index (χ3v) is 5.72. The Kier molecular flexibility index (Phi) is 4.53. The molecule has 1 amide bonds. The predicted molar refractivity (Wildman–Crippen MR) is 95.7 cm³/mol. The molecule has 4 heteroatoms. The lowest BCUT2D eigenvalue weighted by Gasteiger charge is -2.24. The lowest BCUT2D eigenvalue weighted by atomic mass is 10.1. The topological polar surface area (TPSA) is 33.2 Å². The second kappa shape index (κ2) is 6.44. The summed E-state index contributed by atoms with van der Waals surface area (Å²) in [6.07, 6.45) is 2.96. The van der Waals surface area contributed by atoms with Gasteiger partial charge in [0, 0.05) is 23.5 Å². The molecule has 1 aliphatic rings. The average Bonchev–Trinajstić information content (AvgIpc) is 3.31. The fraction of sp³-hybridized carbons (Fsp3) is 0.474. The summed E-state index contributed by atoms with van der Waals surface area (Å²) in [5.74, 6) is 0.894. The SMILES string of the molecule is Cc1ccc(-c2nc(C)sc2CC(=O)N(C)C(C)C2CC2)cc1. The van der Waals surface area contributed by atoms with Crippen LogP contribution in [0.4, 0.5) is 0 Å². The first-order valence-electron chi connectivity index (χ1n) is 8.24. The maximum atomic E-state index is 12.6. The van der Waals surface area contributed by atoms with E-state index in [4.69, 9.17) is 0 Å². The van der Waals surface area contributed by atoms with Crippen molar-refractivity contribution in [3.63, 3.8) is 0 Å². The zero-order valence-electron chi connectivity index (χ0n) is 14.3. The molecule has 1 unspecified atom stereocenters. The molecule has 3 rings (SSSR count). The van der Waals surface area contributed by atoms with Gasteiger partial charge < -0.3 is 4.90 Å². The van der Waals surface area contributed by atoms with E-state index in [1.165, 1.54) is 18.4 Å². The van der Waals surface area contributed by atoms with Gasteiger partial charge in [0.15, 0.2) is 0 Å². The third kappa shape index (κ3) is 3.63. The minimum atomic E-state index is 0.196. The smallest absolute Gasteiger partial charge is 0.227 e. The van der Waals surface area contributed by atoms with Crippen LogP contribution in [-0.2, 0) is 11.2 Å². The van der Waals surface area contributed by atoms with E-state index in [9.17, 15) is 4.79 Å². The van der Waals surface area contributed by atoms with Gasteiger partial charge >= 0.3 is 0 Å². The zero-order chi connectivity index (χ0) is 16.6. The van der Waals surface area contributed by atoms with Crippen LogP contribution in [0.3, 0.4) is 0 Å². The molecule has 0 N–H and O–H groups in total. The van der Waals surface area contributed by atoms with E-state index in [0.29, 0.717) is 18.4 Å². The maximum absolute atomic E-state index is 12.6. The molecule has 0 spiro atoms. The molecule has 1 atom stereocenters. The number of rotatable bonds is 5. The van der Waals surface area contributed by atoms with Gasteiger partial charge in [-0.15, -0.1) is 11.3 Å². The van der Waals surface area contributed by atoms with Crippen LogP contribution >= 0.6 is 11.3 Å². The first kappa shape index (κ1) is 16.2. The summed E-state index contributed by atoms with van der Waals surface area (Å²) in [4.78, 5) is 20.3. The first-order valence-corrected chi connectivity index (χ1v) is 9.06. The van der Waals surface area contributed by atoms with E-state index in [2.05, 4.69) is 43.1 Å². The summed E-state index contributed by atoms with van der Waals surface area (Å²) in [5, 5.41) is 1.02. The molecule has 0 radical (unpaired) electrons. The minimum Gasteiger partial charge on any atom is -0.342 e. The van der Waals surface area contributed by atoms with E-state index in [0.717, 1.165) is 21.1 Å². The van der Waals surface area contributed by atoms with Crippen LogP contribution in [0, 0.1) is 19.8 Å². The fourth-order valence-electron chi connectivity index (χ4n) is 2.91. The second-order valence-electron chi connectivity index (χ2n) is 6.63. The van der Waals surface area contributed by atoms with Gasteiger partial charge in [-0.2, -0.15) is 0 Å². The molecule has 122 valence electrons. The number of nitrogens with zero attached hydrogens (tertiary/aromatic N) is 2. The quantitative estimate of drug-likeness (QED) is 0.823. The predicted octanol–water partition coefficient (Wildman–Crippen LogP) is 4.23. The van der Waals surface area contributed by atoms with Crippen molar-refractivity contribution < 1.29 is 4.79 Å². The largest absolute Gasteiger partial charge is 0.342 e. The molecule has 0 bridgehead atoms. The van der Waals surface area contributed by atoms with Crippen molar-refractivity contribution in [2.75, 3.05) is 7.05 Å². The van der Waals surface area contributed by atoms with Crippen molar-refractivity contribution in [2.24, 2.45) is 5.92 Å². The Hall–Kier alpha value is -1.68. The van der Waals surface area contributed by atoms with Crippen molar-refractivity contribution in [3.8, 4) is 11.3 Å². The number of likely N-dealkylation sites (N-methyl/N-ethyl adjacent to an activating group) is 1. The molecule has 1 heterocycles. The Labute approximate surface area is 142 Å². The van der Waals surface area contributed by atoms with Crippen LogP contribution in [-0.4, -0.2) is 28.9 Å². The summed E-state index contributed by atoms with van der Waals surface area (Å²) in [7, 11) is 1.94. The molecule has 2 aromatic rings. The van der Waals surface area contributed by atoms with E-state index in [-0.39, 0.29) is 5.91 Å². The number of carbonyl (C=O) groups excluding carboxylic acids is 1. The summed E-state index contributed by atoms with van der Waals surface area (Å²) in [6.45, 7) is 6.25. The summed E-state index contributed by atoms with van der Waals surface area (Å²) in [5.41, 5.74) is 3.30. The molecule has 1 fully saturated rings. The van der Waals surface area contributed by atoms with Crippen LogP contribution < -0.4 is 0 Å². The van der Waals surface area contributed by atoms with Crippen LogP contribution in [0.15, 0.2) is 24.3 Å². The van der Waals surface area contributed by atoms with E-state index < -0.39 is 0 Å². The number of hydrogen-bond acceptors (Lipinski definition) is 3. The fourth-order valence-corrected chi connectivity index (χ4v) is 3.86. The number of benzene rings is 1. The summed E-state index contributed by atoms with van der Waals surface area (Å²) in [6, 6.07) is 8.72. The molecule has 1 aromatic carbocycles. The van der Waals surface area contributed by atoms with Gasteiger partial charge in [-0.1, -0.05) is 29.8 Å². The monoisotopic (exact) mass is 328 g/mol. The molecular formula is C19H24N2OS. The van der Waals surface area contributed by atoms with Gasteiger partial charge in [0.1, 0.15) is 0 Å². The van der Waals surface area contributed by atoms with Crippen molar-refractivity contribution >= 4 is 17.2 Å². The Bertz CT molecular complexity index is 701. The second-order valence-corrected chi connectivity index (χ2v) is 7.92. The van der Waals surface area contributed by atoms with Crippen molar-refractivity contribution in [3.05, 3.63) is 39.7 Å². The Balaban J connectivity index is 1.80. The van der Waals surface area contributed by atoms with Crippen molar-refractivity contribution in [1.29, 1.82) is 0 Å². The van der Waals surface area contributed by atoms with Crippen LogP contribution in [0.5, 0.6) is 0 Å². The number of carbonyl (C=O) groups is 1. The highest BCUT2D eigenvalue weighted by Crippen LogP contribution is 2.35. The zero-order valence-corrected chi connectivity index (χ0v) is 15.1. The standard InChI is InChI=1S/C19H24N2OS/c1-12-5-7-16(8-6-12)19-17(23-14(3)20-19)11-18(22)21(4)13(2)15-9-10-15/h5-8,13,15H,9-11H2,1-4H3. The molecule has 0 aliphatic heterocycles. The average molecular weight is 328 g/mol. The van der Waals surface area contributed by atoms with Gasteiger partial charge in [-0.25, -0.2) is 4.98 Å². The first-order chi connectivity index (χ1) is 11.0. The van der Waals surface area contributed by atoms with Gasteiger partial charge in [-0.05, 0) is 39.5 Å². The van der Waals surface area contributed by atoms with Gasteiger partial charge in [0.2, 0.25) is 5.91 Å². The van der Waals surface area contributed by atoms with E-state index in [1.807, 2.05) is 18.9 Å². The highest BCUT2D eigenvalue weighted by Gasteiger charge is 2.32. The Morgan fingerprint density at radius 1 is 1.30 bits per heavy atom.